The van der Waals surface area contributed by atoms with Crippen LogP contribution in [0.25, 0.3) is 10.6 Å². The van der Waals surface area contributed by atoms with Crippen LogP contribution in [0.4, 0.5) is 0 Å². The largest absolute Gasteiger partial charge is 0.310 e. The Morgan fingerprint density at radius 2 is 2.24 bits per heavy atom. The van der Waals surface area contributed by atoms with Crippen LogP contribution >= 0.6 is 11.3 Å². The average Bonchev–Trinajstić information content (AvgIpc) is 2.95. The SMILES string of the molecule is CC(C)C(C)NCc1cn[nH]c1-c1cccs1. The lowest BCUT2D eigenvalue weighted by Gasteiger charge is -2.17. The number of hydrogen-bond acceptors (Lipinski definition) is 3. The van der Waals surface area contributed by atoms with Crippen LogP contribution in [-0.2, 0) is 6.54 Å². The van der Waals surface area contributed by atoms with Gasteiger partial charge in [-0.15, -0.1) is 11.3 Å². The van der Waals surface area contributed by atoms with Crippen molar-refractivity contribution < 1.29 is 0 Å². The van der Waals surface area contributed by atoms with E-state index in [1.165, 1.54) is 10.4 Å². The highest BCUT2D eigenvalue weighted by atomic mass is 32.1. The third-order valence-electron chi connectivity index (χ3n) is 3.10. The zero-order chi connectivity index (χ0) is 12.3. The highest BCUT2D eigenvalue weighted by Gasteiger charge is 2.11. The average molecular weight is 249 g/mol. The summed E-state index contributed by atoms with van der Waals surface area (Å²) in [7, 11) is 0. The van der Waals surface area contributed by atoms with Crippen LogP contribution in [0.3, 0.4) is 0 Å². The van der Waals surface area contributed by atoms with Crippen LogP contribution in [0.2, 0.25) is 0 Å². The van der Waals surface area contributed by atoms with E-state index in [1.807, 2.05) is 6.20 Å². The Morgan fingerprint density at radius 3 is 2.88 bits per heavy atom. The Labute approximate surface area is 106 Å². The zero-order valence-corrected chi connectivity index (χ0v) is 11.3. The predicted molar refractivity (Wildman–Crippen MR) is 73.0 cm³/mol. The molecule has 17 heavy (non-hydrogen) atoms. The van der Waals surface area contributed by atoms with Gasteiger partial charge in [-0.3, -0.25) is 5.10 Å². The monoisotopic (exact) mass is 249 g/mol. The van der Waals surface area contributed by atoms with Crippen LogP contribution < -0.4 is 5.32 Å². The molecule has 0 aliphatic heterocycles. The number of rotatable bonds is 5. The molecule has 2 rings (SSSR count). The predicted octanol–water partition coefficient (Wildman–Crippen LogP) is 3.27. The molecule has 2 heterocycles. The van der Waals surface area contributed by atoms with Crippen LogP contribution in [0.1, 0.15) is 26.3 Å². The molecule has 1 atom stereocenters. The number of hydrogen-bond donors (Lipinski definition) is 2. The molecule has 2 aromatic heterocycles. The molecule has 0 radical (unpaired) electrons. The fraction of sp³-hybridized carbons (Fsp3) is 0.462. The highest BCUT2D eigenvalue weighted by molar-refractivity contribution is 7.13. The first-order chi connectivity index (χ1) is 8.18. The van der Waals surface area contributed by atoms with Gasteiger partial charge in [-0.2, -0.15) is 5.10 Å². The van der Waals surface area contributed by atoms with Crippen molar-refractivity contribution in [1.82, 2.24) is 15.5 Å². The molecule has 0 saturated carbocycles. The lowest BCUT2D eigenvalue weighted by Crippen LogP contribution is -2.30. The molecular weight excluding hydrogens is 230 g/mol. The van der Waals surface area contributed by atoms with Gasteiger partial charge in [-0.1, -0.05) is 19.9 Å². The molecule has 2 aromatic rings. The Hall–Kier alpha value is -1.13. The van der Waals surface area contributed by atoms with Gasteiger partial charge in [0.15, 0.2) is 0 Å². The second kappa shape index (κ2) is 5.47. The third kappa shape index (κ3) is 2.96. The number of nitrogens with zero attached hydrogens (tertiary/aromatic N) is 1. The Kier molecular flexibility index (Phi) is 3.97. The third-order valence-corrected chi connectivity index (χ3v) is 3.99. The number of nitrogens with one attached hydrogen (secondary N) is 2. The van der Waals surface area contributed by atoms with Crippen molar-refractivity contribution in [2.24, 2.45) is 5.92 Å². The summed E-state index contributed by atoms with van der Waals surface area (Å²) < 4.78 is 0. The van der Waals surface area contributed by atoms with E-state index in [-0.39, 0.29) is 0 Å². The van der Waals surface area contributed by atoms with Crippen molar-refractivity contribution in [1.29, 1.82) is 0 Å². The molecule has 4 heteroatoms. The Morgan fingerprint density at radius 1 is 1.41 bits per heavy atom. The number of aromatic nitrogens is 2. The minimum atomic E-state index is 0.515. The first kappa shape index (κ1) is 12.3. The van der Waals surface area contributed by atoms with Crippen molar-refractivity contribution in [3.8, 4) is 10.6 Å². The second-order valence-electron chi connectivity index (χ2n) is 4.66. The molecule has 0 bridgehead atoms. The number of H-pyrrole nitrogens is 1. The molecule has 0 aliphatic rings. The first-order valence-corrected chi connectivity index (χ1v) is 6.86. The van der Waals surface area contributed by atoms with E-state index in [1.54, 1.807) is 11.3 Å². The van der Waals surface area contributed by atoms with E-state index in [0.29, 0.717) is 12.0 Å². The van der Waals surface area contributed by atoms with Gasteiger partial charge in [0.1, 0.15) is 0 Å². The summed E-state index contributed by atoms with van der Waals surface area (Å²) in [6.45, 7) is 7.54. The van der Waals surface area contributed by atoms with Crippen LogP contribution in [-0.4, -0.2) is 16.2 Å². The molecule has 0 saturated heterocycles. The minimum Gasteiger partial charge on any atom is -0.310 e. The van der Waals surface area contributed by atoms with Gasteiger partial charge in [-0.25, -0.2) is 0 Å². The Bertz CT molecular complexity index is 445. The summed E-state index contributed by atoms with van der Waals surface area (Å²) >= 11 is 1.74. The van der Waals surface area contributed by atoms with Gasteiger partial charge >= 0.3 is 0 Å². The summed E-state index contributed by atoms with van der Waals surface area (Å²) in [5.74, 6) is 0.645. The summed E-state index contributed by atoms with van der Waals surface area (Å²) in [6, 6.07) is 4.70. The van der Waals surface area contributed by atoms with Crippen LogP contribution in [0.5, 0.6) is 0 Å². The molecule has 3 nitrogen and oxygen atoms in total. The second-order valence-corrected chi connectivity index (χ2v) is 5.61. The molecule has 0 aliphatic carbocycles. The minimum absolute atomic E-state index is 0.515. The van der Waals surface area contributed by atoms with Crippen LogP contribution in [0, 0.1) is 5.92 Å². The van der Waals surface area contributed by atoms with Crippen LogP contribution in [0.15, 0.2) is 23.7 Å². The number of aromatic amines is 1. The van der Waals surface area contributed by atoms with Crippen molar-refractivity contribution in [3.63, 3.8) is 0 Å². The van der Waals surface area contributed by atoms with E-state index < -0.39 is 0 Å². The fourth-order valence-corrected chi connectivity index (χ4v) is 2.34. The molecule has 92 valence electrons. The van der Waals surface area contributed by atoms with Gasteiger partial charge in [0.05, 0.1) is 16.8 Å². The van der Waals surface area contributed by atoms with E-state index in [9.17, 15) is 0 Å². The lowest BCUT2D eigenvalue weighted by molar-refractivity contribution is 0.426. The number of thiophene rings is 1. The highest BCUT2D eigenvalue weighted by Crippen LogP contribution is 2.25. The molecule has 2 N–H and O–H groups in total. The van der Waals surface area contributed by atoms with Gasteiger partial charge in [0, 0.05) is 18.2 Å². The van der Waals surface area contributed by atoms with Crippen molar-refractivity contribution >= 4 is 11.3 Å². The lowest BCUT2D eigenvalue weighted by atomic mass is 10.1. The zero-order valence-electron chi connectivity index (χ0n) is 10.5. The standard InChI is InChI=1S/C13H19N3S/c1-9(2)10(3)14-7-11-8-15-16-13(11)12-5-4-6-17-12/h4-6,8-10,14H,7H2,1-3H3,(H,15,16). The van der Waals surface area contributed by atoms with E-state index in [0.717, 1.165) is 12.2 Å². The van der Waals surface area contributed by atoms with E-state index in [2.05, 4.69) is 53.8 Å². The smallest absolute Gasteiger partial charge is 0.0794 e. The normalized spacial score (nSPS) is 13.2. The van der Waals surface area contributed by atoms with E-state index >= 15 is 0 Å². The van der Waals surface area contributed by atoms with Gasteiger partial charge in [-0.05, 0) is 24.3 Å². The van der Waals surface area contributed by atoms with Gasteiger partial charge in [0.25, 0.3) is 0 Å². The summed E-state index contributed by atoms with van der Waals surface area (Å²) in [5.41, 5.74) is 2.38. The molecule has 0 fully saturated rings. The van der Waals surface area contributed by atoms with Crippen molar-refractivity contribution in [2.75, 3.05) is 0 Å². The topological polar surface area (TPSA) is 40.7 Å². The molecular formula is C13H19N3S. The quantitative estimate of drug-likeness (QED) is 0.854. The Balaban J connectivity index is 2.05. The maximum Gasteiger partial charge on any atom is 0.0794 e. The van der Waals surface area contributed by atoms with Crippen molar-refractivity contribution in [3.05, 3.63) is 29.3 Å². The molecule has 0 aromatic carbocycles. The molecule has 1 unspecified atom stereocenters. The van der Waals surface area contributed by atoms with Crippen molar-refractivity contribution in [2.45, 2.75) is 33.4 Å². The fourth-order valence-electron chi connectivity index (χ4n) is 1.59. The maximum absolute atomic E-state index is 4.14. The summed E-state index contributed by atoms with van der Waals surface area (Å²) in [4.78, 5) is 1.25. The van der Waals surface area contributed by atoms with E-state index in [4.69, 9.17) is 0 Å². The summed E-state index contributed by atoms with van der Waals surface area (Å²) in [5, 5.41) is 12.8. The van der Waals surface area contributed by atoms with Gasteiger partial charge < -0.3 is 5.32 Å². The first-order valence-electron chi connectivity index (χ1n) is 5.98. The summed E-state index contributed by atoms with van der Waals surface area (Å²) in [6.07, 6.45) is 1.91. The molecule has 0 spiro atoms. The maximum atomic E-state index is 4.14. The molecule has 0 amide bonds. The van der Waals surface area contributed by atoms with Gasteiger partial charge in [0.2, 0.25) is 0 Å².